The number of rotatable bonds is 4. The molecular weight excluding hydrogens is 398 g/mol. The first-order chi connectivity index (χ1) is 15.6. The van der Waals surface area contributed by atoms with Crippen LogP contribution < -0.4 is 9.64 Å². The van der Waals surface area contributed by atoms with Crippen molar-refractivity contribution in [1.29, 1.82) is 21.2 Å². The molecule has 1 aliphatic heterocycles. The summed E-state index contributed by atoms with van der Waals surface area (Å²) in [5.41, 5.74) is 1.04. The second-order valence-corrected chi connectivity index (χ2v) is 8.39. The number of nitrogens with one attached hydrogen (secondary N) is 2. The Morgan fingerprint density at radius 1 is 1.09 bits per heavy atom. The highest BCUT2D eigenvalue weighted by Crippen LogP contribution is 2.52. The van der Waals surface area contributed by atoms with E-state index in [1.807, 2.05) is 42.5 Å². The lowest BCUT2D eigenvalue weighted by molar-refractivity contribution is -0.913. The Balaban J connectivity index is 1.82. The standard InChI is InChI=1S/C26H23N5O/c1-32-20-9-5-8-19(12-20)24-23-15-31(14-18-6-3-2-4-7-18)11-10-21(23)22(13-27)25(30)26(24,16-28)17-29/h2-10,12,22-24,30H,11,14-15H2,1H3/p+1/t22-,23-,24-/m0/s1. The Labute approximate surface area is 188 Å². The van der Waals surface area contributed by atoms with Gasteiger partial charge < -0.3 is 15.0 Å². The molecule has 158 valence electrons. The Kier molecular flexibility index (Phi) is 5.78. The number of methoxy groups -OCH3 is 1. The second-order valence-electron chi connectivity index (χ2n) is 8.39. The molecule has 2 aliphatic rings. The van der Waals surface area contributed by atoms with Gasteiger partial charge in [0.1, 0.15) is 18.2 Å². The molecule has 1 heterocycles. The number of ether oxygens (including phenoxy) is 1. The zero-order chi connectivity index (χ0) is 22.7. The van der Waals surface area contributed by atoms with E-state index in [0.717, 1.165) is 24.2 Å². The van der Waals surface area contributed by atoms with E-state index in [1.165, 1.54) is 10.5 Å². The predicted octanol–water partition coefficient (Wildman–Crippen LogP) is 2.63. The molecule has 0 radical (unpaired) electrons. The maximum Gasteiger partial charge on any atom is 0.189 e. The van der Waals surface area contributed by atoms with Crippen molar-refractivity contribution in [3.8, 4) is 24.0 Å². The average Bonchev–Trinajstić information content (AvgIpc) is 2.84. The van der Waals surface area contributed by atoms with Gasteiger partial charge in [-0.3, -0.25) is 0 Å². The number of hydrogen-bond donors (Lipinski definition) is 2. The third kappa shape index (κ3) is 3.44. The van der Waals surface area contributed by atoms with E-state index in [-0.39, 0.29) is 11.6 Å². The third-order valence-electron chi connectivity index (χ3n) is 6.71. The molecule has 0 spiro atoms. The molecule has 2 aromatic carbocycles. The van der Waals surface area contributed by atoms with Crippen molar-refractivity contribution in [1.82, 2.24) is 0 Å². The summed E-state index contributed by atoms with van der Waals surface area (Å²) in [6, 6.07) is 24.1. The van der Waals surface area contributed by atoms with Gasteiger partial charge in [-0.15, -0.1) is 0 Å². The van der Waals surface area contributed by atoms with Crippen LogP contribution in [0.5, 0.6) is 5.75 Å². The van der Waals surface area contributed by atoms with Gasteiger partial charge in [-0.25, -0.2) is 0 Å². The van der Waals surface area contributed by atoms with Crippen molar-refractivity contribution in [2.75, 3.05) is 20.2 Å². The molecule has 4 rings (SSSR count). The van der Waals surface area contributed by atoms with Gasteiger partial charge in [0.05, 0.1) is 44.1 Å². The highest BCUT2D eigenvalue weighted by Gasteiger charge is 2.58. The molecule has 1 saturated carbocycles. The predicted molar refractivity (Wildman–Crippen MR) is 119 cm³/mol. The molecule has 2 N–H and O–H groups in total. The van der Waals surface area contributed by atoms with Crippen molar-refractivity contribution in [3.63, 3.8) is 0 Å². The van der Waals surface area contributed by atoms with E-state index in [2.05, 4.69) is 36.4 Å². The summed E-state index contributed by atoms with van der Waals surface area (Å²) < 4.78 is 5.39. The van der Waals surface area contributed by atoms with Crippen molar-refractivity contribution in [2.24, 2.45) is 17.3 Å². The number of hydrogen-bond acceptors (Lipinski definition) is 5. The fraction of sp³-hybridized carbons (Fsp3) is 0.308. The summed E-state index contributed by atoms with van der Waals surface area (Å²) in [6.45, 7) is 2.23. The van der Waals surface area contributed by atoms with Crippen LogP contribution in [0.1, 0.15) is 17.0 Å². The minimum atomic E-state index is -1.70. The van der Waals surface area contributed by atoms with Crippen molar-refractivity contribution in [3.05, 3.63) is 77.4 Å². The van der Waals surface area contributed by atoms with Crippen molar-refractivity contribution >= 4 is 5.71 Å². The van der Waals surface area contributed by atoms with Crippen LogP contribution in [-0.2, 0) is 6.54 Å². The molecule has 0 aromatic heterocycles. The number of benzene rings is 2. The number of nitrogens with zero attached hydrogens (tertiary/aromatic N) is 3. The normalized spacial score (nSPS) is 25.9. The van der Waals surface area contributed by atoms with Crippen LogP contribution >= 0.6 is 0 Å². The molecule has 0 bridgehead atoms. The minimum Gasteiger partial charge on any atom is -0.497 e. The van der Waals surface area contributed by atoms with Crippen LogP contribution in [0, 0.1) is 56.7 Å². The van der Waals surface area contributed by atoms with Crippen molar-refractivity contribution < 1.29 is 9.64 Å². The van der Waals surface area contributed by atoms with E-state index >= 15 is 0 Å². The topological polar surface area (TPSA) is 109 Å². The van der Waals surface area contributed by atoms with Gasteiger partial charge in [0.25, 0.3) is 0 Å². The average molecular weight is 423 g/mol. The molecule has 6 nitrogen and oxygen atoms in total. The van der Waals surface area contributed by atoms with E-state index in [4.69, 9.17) is 10.1 Å². The zero-order valence-corrected chi connectivity index (χ0v) is 17.9. The van der Waals surface area contributed by atoms with Crippen LogP contribution in [0.15, 0.2) is 66.2 Å². The third-order valence-corrected chi connectivity index (χ3v) is 6.71. The van der Waals surface area contributed by atoms with Gasteiger partial charge >= 0.3 is 0 Å². The summed E-state index contributed by atoms with van der Waals surface area (Å²) in [5, 5.41) is 39.0. The molecule has 1 fully saturated rings. The van der Waals surface area contributed by atoms with E-state index in [1.54, 1.807) is 7.11 Å². The lowest BCUT2D eigenvalue weighted by Gasteiger charge is -2.46. The highest BCUT2D eigenvalue weighted by molar-refractivity contribution is 6.00. The largest absolute Gasteiger partial charge is 0.497 e. The Morgan fingerprint density at radius 3 is 2.50 bits per heavy atom. The van der Waals surface area contributed by atoms with Crippen molar-refractivity contribution in [2.45, 2.75) is 12.5 Å². The molecule has 1 unspecified atom stereocenters. The van der Waals surface area contributed by atoms with Crippen LogP contribution in [0.2, 0.25) is 0 Å². The second kappa shape index (κ2) is 8.67. The summed E-state index contributed by atoms with van der Waals surface area (Å²) >= 11 is 0. The fourth-order valence-electron chi connectivity index (χ4n) is 5.20. The van der Waals surface area contributed by atoms with E-state index < -0.39 is 17.3 Å². The Bertz CT molecular complexity index is 1170. The number of quaternary nitrogens is 1. The number of fused-ring (bicyclic) bond motifs is 1. The molecule has 4 atom stereocenters. The highest BCUT2D eigenvalue weighted by atomic mass is 16.5. The first kappa shape index (κ1) is 21.3. The van der Waals surface area contributed by atoms with Gasteiger partial charge in [-0.1, -0.05) is 42.5 Å². The van der Waals surface area contributed by atoms with Gasteiger partial charge in [-0.2, -0.15) is 15.8 Å². The lowest BCUT2D eigenvalue weighted by atomic mass is 9.54. The molecular formula is C26H24N5O+. The van der Waals surface area contributed by atoms with Gasteiger partial charge in [0, 0.05) is 17.4 Å². The van der Waals surface area contributed by atoms with Crippen LogP contribution in [0.25, 0.3) is 0 Å². The summed E-state index contributed by atoms with van der Waals surface area (Å²) in [6.07, 6.45) is 2.06. The maximum absolute atomic E-state index is 10.2. The zero-order valence-electron chi connectivity index (χ0n) is 17.9. The molecule has 2 aromatic rings. The van der Waals surface area contributed by atoms with Crippen LogP contribution in [0.4, 0.5) is 0 Å². The molecule has 6 heteroatoms. The minimum absolute atomic E-state index is 0.119. The quantitative estimate of drug-likeness (QED) is 0.738. The molecule has 32 heavy (non-hydrogen) atoms. The smallest absolute Gasteiger partial charge is 0.189 e. The van der Waals surface area contributed by atoms with Gasteiger partial charge in [0.2, 0.25) is 0 Å². The first-order valence-corrected chi connectivity index (χ1v) is 10.6. The van der Waals surface area contributed by atoms with Gasteiger partial charge in [0.15, 0.2) is 5.41 Å². The molecule has 0 saturated heterocycles. The van der Waals surface area contributed by atoms with E-state index in [9.17, 15) is 15.8 Å². The Hall–Kier alpha value is -3.92. The Morgan fingerprint density at radius 2 is 1.84 bits per heavy atom. The van der Waals surface area contributed by atoms with E-state index in [0.29, 0.717) is 12.3 Å². The van der Waals surface area contributed by atoms with Crippen LogP contribution in [-0.4, -0.2) is 25.9 Å². The first-order valence-electron chi connectivity index (χ1n) is 10.6. The number of nitriles is 3. The fourth-order valence-corrected chi connectivity index (χ4v) is 5.20. The van der Waals surface area contributed by atoms with Crippen LogP contribution in [0.3, 0.4) is 0 Å². The lowest BCUT2D eigenvalue weighted by Crippen LogP contribution is -3.12. The summed E-state index contributed by atoms with van der Waals surface area (Å²) in [7, 11) is 1.58. The monoisotopic (exact) mass is 422 g/mol. The molecule has 0 amide bonds. The summed E-state index contributed by atoms with van der Waals surface area (Å²) in [4.78, 5) is 1.30. The summed E-state index contributed by atoms with van der Waals surface area (Å²) in [5.74, 6) is -0.967. The molecule has 1 aliphatic carbocycles. The maximum atomic E-state index is 10.2. The van der Waals surface area contributed by atoms with Gasteiger partial charge in [-0.05, 0) is 29.3 Å². The SMILES string of the molecule is COc1cccc([C@H]2[C@H]3C[NH+](Cc4ccccc4)CC=C3[C@H](C#N)C(=N)C2(C#N)C#N)c1.